The Hall–Kier alpha value is -1.94. The van der Waals surface area contributed by atoms with Crippen molar-refractivity contribution in [2.45, 2.75) is 453 Å². The smallest absolute Gasteiger partial charge is 0.462 e. The van der Waals surface area contributed by atoms with E-state index >= 15 is 0 Å². The van der Waals surface area contributed by atoms with Gasteiger partial charge in [-0.2, -0.15) is 0 Å². The van der Waals surface area contributed by atoms with Crippen LogP contribution in [0.1, 0.15) is 434 Å². The second-order valence-electron chi connectivity index (χ2n) is 31.9. The van der Waals surface area contributed by atoms with Gasteiger partial charge in [0.1, 0.15) is 19.3 Å². The highest BCUT2D eigenvalue weighted by molar-refractivity contribution is 7.47. The number of ether oxygens (including phenoxy) is 4. The van der Waals surface area contributed by atoms with Gasteiger partial charge in [-0.05, 0) is 49.4 Å². The van der Waals surface area contributed by atoms with Crippen LogP contribution in [0.25, 0.3) is 0 Å². The van der Waals surface area contributed by atoms with Crippen LogP contribution in [-0.2, 0) is 65.4 Å². The standard InChI is InChI=1S/C84H164O17P2/c1-9-77(8)63-55-47-39-33-35-43-51-59-67-84(89)101-80(71-95-82(87)65-57-49-41-34-32-38-46-54-62-76(6)7)73-99-103(92,93)97-69-78(85)68-96-102(90,91)98-72-79(100-83(88)66-58-50-42-31-27-23-19-15-14-17-21-25-29-37-45-53-61-75(4)5)70-94-81(86)64-56-48-40-30-26-22-18-13-11-10-12-16-20-24-28-36-44-52-60-74(2)3/h74-80,85H,9-73H2,1-8H3,(H,90,91)(H,92,93)/t77?,78?,79-,80-/m1/s1. The lowest BCUT2D eigenvalue weighted by molar-refractivity contribution is -0.161. The maximum absolute atomic E-state index is 13.1. The topological polar surface area (TPSA) is 237 Å². The van der Waals surface area contributed by atoms with Gasteiger partial charge in [0.15, 0.2) is 12.2 Å². The first kappa shape index (κ1) is 101. The number of carbonyl (C=O) groups excluding carboxylic acids is 4. The average Bonchev–Trinajstić information content (AvgIpc) is 0.927. The normalized spacial score (nSPS) is 14.2. The zero-order chi connectivity index (χ0) is 76.0. The molecule has 0 spiro atoms. The maximum Gasteiger partial charge on any atom is 0.472 e. The molecule has 0 rings (SSSR count). The molecule has 0 saturated heterocycles. The van der Waals surface area contributed by atoms with Crippen molar-refractivity contribution in [3.63, 3.8) is 0 Å². The van der Waals surface area contributed by atoms with Crippen LogP contribution in [-0.4, -0.2) is 96.7 Å². The number of hydrogen-bond donors (Lipinski definition) is 3. The lowest BCUT2D eigenvalue weighted by Crippen LogP contribution is -2.30. The third-order valence-electron chi connectivity index (χ3n) is 19.9. The Bertz CT molecular complexity index is 2010. The van der Waals surface area contributed by atoms with Crippen LogP contribution in [0, 0.1) is 23.7 Å². The molecule has 0 aliphatic heterocycles. The monoisotopic (exact) mass is 1510 g/mol. The summed E-state index contributed by atoms with van der Waals surface area (Å²) in [5.74, 6) is 1.02. The fraction of sp³-hybridized carbons (Fsp3) is 0.952. The second kappa shape index (κ2) is 72.9. The minimum absolute atomic E-state index is 0.104. The molecule has 103 heavy (non-hydrogen) atoms. The molecule has 0 aromatic carbocycles. The van der Waals surface area contributed by atoms with E-state index in [0.717, 1.165) is 114 Å². The molecule has 0 aromatic rings. The molecule has 6 atom stereocenters. The average molecular weight is 1510 g/mol. The Morgan fingerprint density at radius 2 is 0.466 bits per heavy atom. The Morgan fingerprint density at radius 1 is 0.272 bits per heavy atom. The number of aliphatic hydroxyl groups excluding tert-OH is 1. The minimum Gasteiger partial charge on any atom is -0.462 e. The zero-order valence-electron chi connectivity index (χ0n) is 68.0. The van der Waals surface area contributed by atoms with Crippen molar-refractivity contribution in [2.75, 3.05) is 39.6 Å². The van der Waals surface area contributed by atoms with E-state index in [9.17, 15) is 43.2 Å². The van der Waals surface area contributed by atoms with E-state index in [2.05, 4.69) is 55.4 Å². The van der Waals surface area contributed by atoms with E-state index in [1.54, 1.807) is 0 Å². The third-order valence-corrected chi connectivity index (χ3v) is 21.8. The van der Waals surface area contributed by atoms with E-state index in [0.29, 0.717) is 25.7 Å². The Labute approximate surface area is 632 Å². The quantitative estimate of drug-likeness (QED) is 0.0222. The van der Waals surface area contributed by atoms with Crippen molar-refractivity contribution >= 4 is 39.5 Å². The summed E-state index contributed by atoms with van der Waals surface area (Å²) in [7, 11) is -9.93. The van der Waals surface area contributed by atoms with Gasteiger partial charge in [0.2, 0.25) is 0 Å². The summed E-state index contributed by atoms with van der Waals surface area (Å²) < 4.78 is 68.8. The minimum atomic E-state index is -4.97. The third kappa shape index (κ3) is 76.6. The fourth-order valence-electron chi connectivity index (χ4n) is 12.9. The number of unbranched alkanes of at least 4 members (excludes halogenated alkanes) is 46. The largest absolute Gasteiger partial charge is 0.472 e. The van der Waals surface area contributed by atoms with Gasteiger partial charge < -0.3 is 33.8 Å². The Morgan fingerprint density at radius 3 is 0.689 bits per heavy atom. The van der Waals surface area contributed by atoms with Gasteiger partial charge in [0.05, 0.1) is 26.4 Å². The van der Waals surface area contributed by atoms with Crippen LogP contribution >= 0.6 is 15.6 Å². The van der Waals surface area contributed by atoms with Crippen molar-refractivity contribution in [2.24, 2.45) is 23.7 Å². The molecule has 0 fully saturated rings. The number of rotatable bonds is 81. The lowest BCUT2D eigenvalue weighted by Gasteiger charge is -2.21. The van der Waals surface area contributed by atoms with Gasteiger partial charge in [-0.1, -0.05) is 383 Å². The molecule has 0 bridgehead atoms. The summed E-state index contributed by atoms with van der Waals surface area (Å²) in [6.07, 6.45) is 61.2. The molecular formula is C84H164O17P2. The predicted octanol–water partition coefficient (Wildman–Crippen LogP) is 25.2. The van der Waals surface area contributed by atoms with Gasteiger partial charge in [-0.15, -0.1) is 0 Å². The van der Waals surface area contributed by atoms with Crippen molar-refractivity contribution in [3.05, 3.63) is 0 Å². The number of aliphatic hydroxyl groups is 1. The van der Waals surface area contributed by atoms with E-state index in [4.69, 9.17) is 37.0 Å². The SMILES string of the molecule is CCC(C)CCCCCCCCCCC(=O)O[C@H](COC(=O)CCCCCCCCCCC(C)C)COP(=O)(O)OCC(O)COP(=O)(O)OC[C@@H](COC(=O)CCCCCCCCCCCCCCCCCCCCC(C)C)OC(=O)CCCCCCCCCCCCCCCCCCC(C)C. The van der Waals surface area contributed by atoms with Crippen LogP contribution in [0.3, 0.4) is 0 Å². The highest BCUT2D eigenvalue weighted by atomic mass is 31.2. The molecule has 0 aliphatic carbocycles. The number of esters is 4. The van der Waals surface area contributed by atoms with Crippen LogP contribution in [0.5, 0.6) is 0 Å². The van der Waals surface area contributed by atoms with E-state index in [1.165, 1.54) is 238 Å². The van der Waals surface area contributed by atoms with Gasteiger partial charge in [-0.25, -0.2) is 9.13 Å². The molecule has 0 aromatic heterocycles. The summed E-state index contributed by atoms with van der Waals surface area (Å²) in [5.41, 5.74) is 0. The molecule has 0 aliphatic rings. The van der Waals surface area contributed by atoms with Crippen molar-refractivity contribution in [3.8, 4) is 0 Å². The summed E-state index contributed by atoms with van der Waals surface area (Å²) in [4.78, 5) is 73.1. The summed E-state index contributed by atoms with van der Waals surface area (Å²) in [5, 5.41) is 10.7. The highest BCUT2D eigenvalue weighted by Crippen LogP contribution is 2.45. The van der Waals surface area contributed by atoms with Gasteiger partial charge in [0.25, 0.3) is 0 Å². The summed E-state index contributed by atoms with van der Waals surface area (Å²) in [6, 6.07) is 0. The van der Waals surface area contributed by atoms with Crippen LogP contribution in [0.4, 0.5) is 0 Å². The number of phosphoric ester groups is 2. The molecule has 17 nitrogen and oxygen atoms in total. The van der Waals surface area contributed by atoms with Crippen molar-refractivity contribution in [1.29, 1.82) is 0 Å². The van der Waals surface area contributed by atoms with Crippen LogP contribution < -0.4 is 0 Å². The first-order valence-corrected chi connectivity index (χ1v) is 46.2. The highest BCUT2D eigenvalue weighted by Gasteiger charge is 2.30. The van der Waals surface area contributed by atoms with E-state index in [-0.39, 0.29) is 25.7 Å². The van der Waals surface area contributed by atoms with Crippen LogP contribution in [0.2, 0.25) is 0 Å². The first-order chi connectivity index (χ1) is 49.6. The fourth-order valence-corrected chi connectivity index (χ4v) is 14.5. The van der Waals surface area contributed by atoms with Crippen molar-refractivity contribution in [1.82, 2.24) is 0 Å². The number of hydrogen-bond acceptors (Lipinski definition) is 15. The lowest BCUT2D eigenvalue weighted by atomic mass is 9.99. The van der Waals surface area contributed by atoms with E-state index < -0.39 is 97.5 Å². The Balaban J connectivity index is 5.22. The molecular weight excluding hydrogens is 1340 g/mol. The van der Waals surface area contributed by atoms with Gasteiger partial charge >= 0.3 is 39.5 Å². The molecule has 0 saturated carbocycles. The molecule has 612 valence electrons. The molecule has 4 unspecified atom stereocenters. The number of phosphoric acid groups is 2. The predicted molar refractivity (Wildman–Crippen MR) is 423 cm³/mol. The second-order valence-corrected chi connectivity index (χ2v) is 34.8. The zero-order valence-corrected chi connectivity index (χ0v) is 69.7. The van der Waals surface area contributed by atoms with Gasteiger partial charge in [-0.3, -0.25) is 37.3 Å². The summed E-state index contributed by atoms with van der Waals surface area (Å²) >= 11 is 0. The molecule has 0 radical (unpaired) electrons. The molecule has 0 amide bonds. The van der Waals surface area contributed by atoms with Crippen LogP contribution in [0.15, 0.2) is 0 Å². The van der Waals surface area contributed by atoms with Crippen molar-refractivity contribution < 1.29 is 80.2 Å². The summed E-state index contributed by atoms with van der Waals surface area (Å²) in [6.45, 7) is 14.3. The number of carbonyl (C=O) groups is 4. The van der Waals surface area contributed by atoms with Gasteiger partial charge in [0, 0.05) is 25.7 Å². The maximum atomic E-state index is 13.1. The Kier molecular flexibility index (Phi) is 71.5. The molecule has 19 heteroatoms. The molecule has 3 N–H and O–H groups in total. The first-order valence-electron chi connectivity index (χ1n) is 43.2. The molecule has 0 heterocycles. The van der Waals surface area contributed by atoms with E-state index in [1.807, 2.05) is 0 Å².